The van der Waals surface area contributed by atoms with E-state index in [9.17, 15) is 65.1 Å². The van der Waals surface area contributed by atoms with E-state index in [1.807, 2.05) is 0 Å². The fraction of sp³-hybridized carbons (Fsp3) is 0.143. The molecule has 0 saturated heterocycles. The summed E-state index contributed by atoms with van der Waals surface area (Å²) >= 11 is 0. The first-order valence-corrected chi connectivity index (χ1v) is 14.8. The van der Waals surface area contributed by atoms with Crippen LogP contribution >= 0.6 is 0 Å². The number of esters is 2. The summed E-state index contributed by atoms with van der Waals surface area (Å²) in [7, 11) is 0. The molecule has 4 atom stereocenters. The van der Waals surface area contributed by atoms with E-state index in [2.05, 4.69) is 0 Å². The van der Waals surface area contributed by atoms with Gasteiger partial charge in [0, 0.05) is 23.6 Å². The molecule has 4 aromatic carbocycles. The summed E-state index contributed by atoms with van der Waals surface area (Å²) in [6, 6.07) is 12.3. The summed E-state index contributed by atoms with van der Waals surface area (Å²) in [5.41, 5.74) is -0.0440. The average Bonchev–Trinajstić information content (AvgIpc) is 3.49. The number of rotatable bonds is 11. The third-order valence-corrected chi connectivity index (χ3v) is 7.80. The summed E-state index contributed by atoms with van der Waals surface area (Å²) in [6.45, 7) is 0. The Morgan fingerprint density at radius 1 is 0.686 bits per heavy atom. The number of fused-ring (bicyclic) bond motifs is 1. The van der Waals surface area contributed by atoms with Gasteiger partial charge in [-0.1, -0.05) is 24.3 Å². The number of benzene rings is 4. The first-order valence-electron chi connectivity index (χ1n) is 14.8. The molecule has 16 heteroatoms. The van der Waals surface area contributed by atoms with Crippen molar-refractivity contribution in [2.24, 2.45) is 0 Å². The third kappa shape index (κ3) is 7.49. The average molecular weight is 705 g/mol. The standard InChI is InChI=1S/C35H28O16/c36-19-6-1-15(11-23(19)40)12-26(33(44)45)49-27(43)10-5-16-2-9-22(39)32-28(16)29(30(50-32)17-3-7-20(37)24(41)13-17)35(48)51-31(34(46)47)18-4-8-21(38)25(42)14-18/h1-11,13-14,26,29-31,36-42H,12H2,(H,44,45)(H,46,47)/b10-5+. The minimum atomic E-state index is -2.03. The summed E-state index contributed by atoms with van der Waals surface area (Å²) in [5.74, 6) is -11.4. The van der Waals surface area contributed by atoms with Gasteiger partial charge in [-0.05, 0) is 65.2 Å². The van der Waals surface area contributed by atoms with E-state index in [1.165, 1.54) is 18.2 Å². The van der Waals surface area contributed by atoms with Crippen LogP contribution < -0.4 is 4.74 Å². The fourth-order valence-corrected chi connectivity index (χ4v) is 5.34. The molecule has 1 heterocycles. The van der Waals surface area contributed by atoms with Crippen LogP contribution in [-0.4, -0.2) is 75.9 Å². The first-order chi connectivity index (χ1) is 24.1. The molecule has 9 N–H and O–H groups in total. The van der Waals surface area contributed by atoms with E-state index in [4.69, 9.17) is 14.2 Å². The maximum absolute atomic E-state index is 13.9. The Balaban J connectivity index is 1.50. The van der Waals surface area contributed by atoms with Gasteiger partial charge in [-0.15, -0.1) is 0 Å². The van der Waals surface area contributed by atoms with Gasteiger partial charge in [0.1, 0.15) is 12.0 Å². The number of ether oxygens (including phenoxy) is 3. The Morgan fingerprint density at radius 2 is 1.29 bits per heavy atom. The lowest BCUT2D eigenvalue weighted by molar-refractivity contribution is -0.166. The number of carboxylic acids is 2. The monoisotopic (exact) mass is 704 g/mol. The second-order valence-electron chi connectivity index (χ2n) is 11.2. The van der Waals surface area contributed by atoms with Gasteiger partial charge in [-0.2, -0.15) is 0 Å². The molecular formula is C35H28O16. The molecule has 4 unspecified atom stereocenters. The fourth-order valence-electron chi connectivity index (χ4n) is 5.34. The molecule has 1 aliphatic heterocycles. The molecule has 0 aromatic heterocycles. The zero-order valence-electron chi connectivity index (χ0n) is 25.9. The summed E-state index contributed by atoms with van der Waals surface area (Å²) in [6.07, 6.45) is -3.65. The number of hydrogen-bond acceptors (Lipinski definition) is 14. The molecule has 4 aromatic rings. The minimum absolute atomic E-state index is 0.0247. The van der Waals surface area contributed by atoms with Crippen LogP contribution in [0.3, 0.4) is 0 Å². The molecule has 0 spiro atoms. The van der Waals surface area contributed by atoms with E-state index >= 15 is 0 Å². The quantitative estimate of drug-likeness (QED) is 0.0614. The van der Waals surface area contributed by atoms with Gasteiger partial charge in [0.05, 0.1) is 0 Å². The van der Waals surface area contributed by atoms with Crippen LogP contribution in [0.25, 0.3) is 6.08 Å². The molecular weight excluding hydrogens is 676 g/mol. The van der Waals surface area contributed by atoms with E-state index in [0.29, 0.717) is 0 Å². The number of hydrogen-bond donors (Lipinski definition) is 9. The van der Waals surface area contributed by atoms with Gasteiger partial charge in [0.2, 0.25) is 12.2 Å². The topological polar surface area (TPSA) is 278 Å². The molecule has 16 nitrogen and oxygen atoms in total. The zero-order chi connectivity index (χ0) is 37.1. The Labute approximate surface area is 286 Å². The Bertz CT molecular complexity index is 2070. The molecule has 0 aliphatic carbocycles. The van der Waals surface area contributed by atoms with Gasteiger partial charge in [-0.3, -0.25) is 4.79 Å². The van der Waals surface area contributed by atoms with Crippen molar-refractivity contribution in [3.05, 3.63) is 101 Å². The van der Waals surface area contributed by atoms with Crippen molar-refractivity contribution in [2.75, 3.05) is 0 Å². The maximum Gasteiger partial charge on any atom is 0.349 e. The van der Waals surface area contributed by atoms with E-state index < -0.39 is 88.4 Å². The van der Waals surface area contributed by atoms with Gasteiger partial charge in [0.25, 0.3) is 0 Å². The zero-order valence-corrected chi connectivity index (χ0v) is 25.9. The van der Waals surface area contributed by atoms with E-state index in [1.54, 1.807) is 0 Å². The second kappa shape index (κ2) is 14.2. The number of carbonyl (C=O) groups is 4. The highest BCUT2D eigenvalue weighted by molar-refractivity contribution is 5.92. The summed E-state index contributed by atoms with van der Waals surface area (Å²) in [4.78, 5) is 50.8. The van der Waals surface area contributed by atoms with Crippen LogP contribution in [0.2, 0.25) is 0 Å². The number of aliphatic carboxylic acids is 2. The van der Waals surface area contributed by atoms with Gasteiger partial charge < -0.3 is 60.2 Å². The highest BCUT2D eigenvalue weighted by Gasteiger charge is 2.46. The summed E-state index contributed by atoms with van der Waals surface area (Å²) in [5, 5.41) is 89.1. The highest BCUT2D eigenvalue weighted by atomic mass is 16.6. The van der Waals surface area contributed by atoms with Crippen molar-refractivity contribution in [2.45, 2.75) is 30.7 Å². The maximum atomic E-state index is 13.9. The molecule has 0 bridgehead atoms. The Hall–Kier alpha value is -7.10. The van der Waals surface area contributed by atoms with Gasteiger partial charge in [-0.25, -0.2) is 14.4 Å². The van der Waals surface area contributed by atoms with Crippen molar-refractivity contribution in [3.63, 3.8) is 0 Å². The SMILES string of the molecule is O=C(/C=C/c1ccc(O)c2c1C(C(=O)OC(C(=O)O)c1ccc(O)c(O)c1)C(c1ccc(O)c(O)c1)O2)OC(Cc1ccc(O)c(O)c1)C(=O)O. The molecule has 264 valence electrons. The third-order valence-electron chi connectivity index (χ3n) is 7.80. The van der Waals surface area contributed by atoms with Crippen LogP contribution in [0, 0.1) is 0 Å². The lowest BCUT2D eigenvalue weighted by atomic mass is 9.87. The first kappa shape index (κ1) is 35.2. The summed E-state index contributed by atoms with van der Waals surface area (Å²) < 4.78 is 16.4. The van der Waals surface area contributed by atoms with Crippen molar-refractivity contribution in [1.82, 2.24) is 0 Å². The predicted octanol–water partition coefficient (Wildman–Crippen LogP) is 3.46. The van der Waals surface area contributed by atoms with Gasteiger partial charge in [0.15, 0.2) is 46.0 Å². The van der Waals surface area contributed by atoms with E-state index in [0.717, 1.165) is 60.7 Å². The predicted molar refractivity (Wildman–Crippen MR) is 170 cm³/mol. The van der Waals surface area contributed by atoms with Gasteiger partial charge >= 0.3 is 23.9 Å². The number of phenolic OH excluding ortho intramolecular Hbond substituents is 7. The second-order valence-corrected chi connectivity index (χ2v) is 11.2. The van der Waals surface area contributed by atoms with Crippen molar-refractivity contribution < 1.29 is 79.3 Å². The van der Waals surface area contributed by atoms with Crippen molar-refractivity contribution in [3.8, 4) is 46.0 Å². The number of carbonyl (C=O) groups excluding carboxylic acids is 2. The number of phenols is 7. The van der Waals surface area contributed by atoms with Crippen LogP contribution in [0.1, 0.15) is 45.9 Å². The van der Waals surface area contributed by atoms with Crippen LogP contribution in [0.4, 0.5) is 0 Å². The minimum Gasteiger partial charge on any atom is -0.504 e. The van der Waals surface area contributed by atoms with Crippen LogP contribution in [-0.2, 0) is 35.1 Å². The largest absolute Gasteiger partial charge is 0.504 e. The molecule has 51 heavy (non-hydrogen) atoms. The molecule has 1 aliphatic rings. The smallest absolute Gasteiger partial charge is 0.349 e. The Kier molecular flexibility index (Phi) is 9.79. The Morgan fingerprint density at radius 3 is 1.90 bits per heavy atom. The van der Waals surface area contributed by atoms with Crippen LogP contribution in [0.5, 0.6) is 46.0 Å². The van der Waals surface area contributed by atoms with Crippen molar-refractivity contribution in [1.29, 1.82) is 0 Å². The lowest BCUT2D eigenvalue weighted by Crippen LogP contribution is -2.28. The lowest BCUT2D eigenvalue weighted by Gasteiger charge is -2.22. The highest BCUT2D eigenvalue weighted by Crippen LogP contribution is 2.53. The van der Waals surface area contributed by atoms with Crippen LogP contribution in [0.15, 0.2) is 72.8 Å². The number of aromatic hydroxyl groups is 7. The van der Waals surface area contributed by atoms with E-state index in [-0.39, 0.29) is 40.0 Å². The van der Waals surface area contributed by atoms with Crippen molar-refractivity contribution >= 4 is 30.0 Å². The molecule has 0 radical (unpaired) electrons. The molecule has 0 saturated carbocycles. The molecule has 0 fully saturated rings. The number of carboxylic acid groups (broad SMARTS) is 2. The normalized spacial score (nSPS) is 16.1. The molecule has 5 rings (SSSR count). The molecule has 0 amide bonds.